The van der Waals surface area contributed by atoms with Crippen molar-refractivity contribution in [2.75, 3.05) is 6.61 Å². The Morgan fingerprint density at radius 3 is 2.94 bits per heavy atom. The van der Waals surface area contributed by atoms with Gasteiger partial charge in [0.1, 0.15) is 0 Å². The number of carboxylic acid groups (broad SMARTS) is 1. The van der Waals surface area contributed by atoms with Crippen LogP contribution in [0, 0.1) is 29.0 Å². The van der Waals surface area contributed by atoms with Crippen LogP contribution in [0.5, 0.6) is 5.75 Å². The fraction of sp³-hybridized carbons (Fsp3) is 0.333. The molecule has 2 rings (SSSR count). The molecule has 0 spiro atoms. The molecule has 0 unspecified atom stereocenters. The lowest BCUT2D eigenvalue weighted by Gasteiger charge is -2.06. The maximum absolute atomic E-state index is 13.4. The van der Waals surface area contributed by atoms with Gasteiger partial charge in [0, 0.05) is 5.92 Å². The topological polar surface area (TPSA) is 70.3 Å². The van der Waals surface area contributed by atoms with Crippen molar-refractivity contribution in [1.29, 1.82) is 5.26 Å². The van der Waals surface area contributed by atoms with E-state index >= 15 is 0 Å². The molecule has 1 aromatic rings. The van der Waals surface area contributed by atoms with Crippen LogP contribution in [0.4, 0.5) is 4.39 Å². The second-order valence-electron chi connectivity index (χ2n) is 4.01. The van der Waals surface area contributed by atoms with E-state index in [0.717, 1.165) is 6.07 Å². The minimum atomic E-state index is -0.834. The fourth-order valence-corrected chi connectivity index (χ4v) is 1.62. The summed E-state index contributed by atoms with van der Waals surface area (Å²) in [6.07, 6.45) is 0.577. The zero-order valence-electron chi connectivity index (χ0n) is 8.89. The van der Waals surface area contributed by atoms with Crippen molar-refractivity contribution in [2.24, 2.45) is 11.8 Å². The van der Waals surface area contributed by atoms with Gasteiger partial charge in [-0.15, -0.1) is 0 Å². The smallest absolute Gasteiger partial charge is 0.306 e. The van der Waals surface area contributed by atoms with Crippen molar-refractivity contribution < 1.29 is 19.0 Å². The van der Waals surface area contributed by atoms with Crippen molar-refractivity contribution in [3.05, 3.63) is 29.6 Å². The second kappa shape index (κ2) is 4.42. The monoisotopic (exact) mass is 235 g/mol. The van der Waals surface area contributed by atoms with E-state index in [1.165, 1.54) is 12.1 Å². The van der Waals surface area contributed by atoms with Gasteiger partial charge in [0.2, 0.25) is 0 Å². The Balaban J connectivity index is 1.92. The molecule has 1 aliphatic carbocycles. The van der Waals surface area contributed by atoms with Gasteiger partial charge in [0.25, 0.3) is 0 Å². The van der Waals surface area contributed by atoms with Gasteiger partial charge in [-0.05, 0) is 24.6 Å². The van der Waals surface area contributed by atoms with Crippen molar-refractivity contribution in [2.45, 2.75) is 6.42 Å². The lowest BCUT2D eigenvalue weighted by Crippen LogP contribution is -2.07. The number of rotatable bonds is 4. The Morgan fingerprint density at radius 1 is 1.65 bits per heavy atom. The Hall–Kier alpha value is -2.09. The number of nitrogens with zero attached hydrogens (tertiary/aromatic N) is 1. The average Bonchev–Trinajstić information content (AvgIpc) is 3.07. The van der Waals surface area contributed by atoms with Crippen molar-refractivity contribution in [3.63, 3.8) is 0 Å². The third kappa shape index (κ3) is 2.53. The highest BCUT2D eigenvalue weighted by molar-refractivity contribution is 5.73. The van der Waals surface area contributed by atoms with Crippen molar-refractivity contribution >= 4 is 5.97 Å². The number of hydrogen-bond acceptors (Lipinski definition) is 3. The van der Waals surface area contributed by atoms with Gasteiger partial charge in [-0.3, -0.25) is 4.79 Å². The first-order valence-corrected chi connectivity index (χ1v) is 5.17. The Bertz CT molecular complexity index is 495. The highest BCUT2D eigenvalue weighted by Gasteiger charge is 2.43. The molecule has 0 amide bonds. The van der Waals surface area contributed by atoms with E-state index in [2.05, 4.69) is 0 Å². The van der Waals surface area contributed by atoms with E-state index in [4.69, 9.17) is 15.1 Å². The van der Waals surface area contributed by atoms with Crippen LogP contribution in [0.1, 0.15) is 12.0 Å². The quantitative estimate of drug-likeness (QED) is 0.863. The summed E-state index contributed by atoms with van der Waals surface area (Å²) >= 11 is 0. The van der Waals surface area contributed by atoms with Crippen molar-refractivity contribution in [1.82, 2.24) is 0 Å². The number of carboxylic acids is 1. The highest BCUT2D eigenvalue weighted by Crippen LogP contribution is 2.39. The summed E-state index contributed by atoms with van der Waals surface area (Å²) in [5, 5.41) is 17.2. The molecule has 0 heterocycles. The van der Waals surface area contributed by atoms with Gasteiger partial charge in [-0.2, -0.15) is 5.26 Å². The van der Waals surface area contributed by atoms with E-state index in [1.807, 2.05) is 6.07 Å². The van der Waals surface area contributed by atoms with Crippen LogP contribution < -0.4 is 4.74 Å². The zero-order valence-corrected chi connectivity index (χ0v) is 8.89. The standard InChI is InChI=1S/C12H10FNO3/c13-10-3-7(5-14)1-2-11(10)17-6-8-4-9(8)12(15)16/h1-3,8-9H,4,6H2,(H,15,16)/t8-,9+/m0/s1. The number of nitriles is 1. The molecule has 0 aromatic heterocycles. The van der Waals surface area contributed by atoms with Crippen LogP contribution in [0.15, 0.2) is 18.2 Å². The molecule has 0 saturated heterocycles. The maximum atomic E-state index is 13.4. The molecule has 1 N–H and O–H groups in total. The van der Waals surface area contributed by atoms with Crippen molar-refractivity contribution in [3.8, 4) is 11.8 Å². The van der Waals surface area contributed by atoms with Crippen LogP contribution in [-0.2, 0) is 4.79 Å². The molecule has 0 radical (unpaired) electrons. The number of benzene rings is 1. The molecule has 2 atom stereocenters. The first kappa shape index (κ1) is 11.4. The first-order valence-electron chi connectivity index (χ1n) is 5.17. The van der Waals surface area contributed by atoms with Crippen LogP contribution in [-0.4, -0.2) is 17.7 Å². The van der Waals surface area contributed by atoms with E-state index in [0.29, 0.717) is 6.42 Å². The summed E-state index contributed by atoms with van der Waals surface area (Å²) < 4.78 is 18.6. The largest absolute Gasteiger partial charge is 0.490 e. The number of ether oxygens (including phenoxy) is 1. The molecule has 5 heteroatoms. The molecule has 1 aromatic carbocycles. The molecular weight excluding hydrogens is 225 g/mol. The fourth-order valence-electron chi connectivity index (χ4n) is 1.62. The molecule has 17 heavy (non-hydrogen) atoms. The van der Waals surface area contributed by atoms with Gasteiger partial charge < -0.3 is 9.84 Å². The van der Waals surface area contributed by atoms with E-state index < -0.39 is 11.8 Å². The van der Waals surface area contributed by atoms with E-state index in [-0.39, 0.29) is 29.8 Å². The summed E-state index contributed by atoms with van der Waals surface area (Å²) in [7, 11) is 0. The summed E-state index contributed by atoms with van der Waals surface area (Å²) in [5.41, 5.74) is 0.227. The summed E-state index contributed by atoms with van der Waals surface area (Å²) in [6, 6.07) is 5.75. The summed E-state index contributed by atoms with van der Waals surface area (Å²) in [6.45, 7) is 0.194. The number of carbonyl (C=O) groups is 1. The summed E-state index contributed by atoms with van der Waals surface area (Å²) in [5.74, 6) is -1.78. The predicted molar refractivity (Wildman–Crippen MR) is 55.8 cm³/mol. The second-order valence-corrected chi connectivity index (χ2v) is 4.01. The average molecular weight is 235 g/mol. The lowest BCUT2D eigenvalue weighted by atomic mass is 10.2. The predicted octanol–water partition coefficient (Wildman–Crippen LogP) is 1.80. The van der Waals surface area contributed by atoms with E-state index in [1.54, 1.807) is 0 Å². The normalized spacial score (nSPS) is 21.6. The van der Waals surface area contributed by atoms with Gasteiger partial charge >= 0.3 is 5.97 Å². The van der Waals surface area contributed by atoms with Gasteiger partial charge in [-0.1, -0.05) is 0 Å². The van der Waals surface area contributed by atoms with Crippen LogP contribution >= 0.6 is 0 Å². The van der Waals surface area contributed by atoms with Crippen LogP contribution in [0.2, 0.25) is 0 Å². The number of halogens is 1. The zero-order chi connectivity index (χ0) is 12.4. The first-order chi connectivity index (χ1) is 8.11. The minimum absolute atomic E-state index is 0.0393. The maximum Gasteiger partial charge on any atom is 0.306 e. The van der Waals surface area contributed by atoms with Crippen LogP contribution in [0.25, 0.3) is 0 Å². The Kier molecular flexibility index (Phi) is 2.96. The number of hydrogen-bond donors (Lipinski definition) is 1. The third-order valence-electron chi connectivity index (χ3n) is 2.75. The molecule has 1 fully saturated rings. The minimum Gasteiger partial charge on any atom is -0.490 e. The molecule has 88 valence electrons. The van der Waals surface area contributed by atoms with Gasteiger partial charge in [0.05, 0.1) is 24.2 Å². The van der Waals surface area contributed by atoms with E-state index in [9.17, 15) is 9.18 Å². The van der Waals surface area contributed by atoms with Crippen LogP contribution in [0.3, 0.4) is 0 Å². The molecule has 1 aliphatic rings. The molecule has 4 nitrogen and oxygen atoms in total. The lowest BCUT2D eigenvalue weighted by molar-refractivity contribution is -0.138. The molecular formula is C12H10FNO3. The SMILES string of the molecule is N#Cc1ccc(OC[C@@H]2C[C@H]2C(=O)O)c(F)c1. The Morgan fingerprint density at radius 2 is 2.41 bits per heavy atom. The highest BCUT2D eigenvalue weighted by atomic mass is 19.1. The summed E-state index contributed by atoms with van der Waals surface area (Å²) in [4.78, 5) is 10.6. The number of aliphatic carboxylic acids is 1. The molecule has 1 saturated carbocycles. The van der Waals surface area contributed by atoms with Gasteiger partial charge in [-0.25, -0.2) is 4.39 Å². The van der Waals surface area contributed by atoms with Gasteiger partial charge in [0.15, 0.2) is 11.6 Å². The Labute approximate surface area is 97.2 Å². The molecule has 0 aliphatic heterocycles. The third-order valence-corrected chi connectivity index (χ3v) is 2.75. The molecule has 0 bridgehead atoms.